The topological polar surface area (TPSA) is 45.6 Å². The molecule has 0 aliphatic rings. The van der Waals surface area contributed by atoms with Gasteiger partial charge in [0.05, 0.1) is 6.61 Å². The third-order valence-corrected chi connectivity index (χ3v) is 3.36. The second-order valence-corrected chi connectivity index (χ2v) is 4.81. The number of thiophene rings is 1. The summed E-state index contributed by atoms with van der Waals surface area (Å²) in [6.45, 7) is 7.32. The molecule has 1 atom stereocenters. The molecule has 1 rings (SSSR count). The summed E-state index contributed by atoms with van der Waals surface area (Å²) in [6.07, 6.45) is 0. The first-order chi connectivity index (χ1) is 8.77. The van der Waals surface area contributed by atoms with Crippen LogP contribution in [0.15, 0.2) is 21.8 Å². The maximum atomic E-state index is 5.27. The normalized spacial score (nSPS) is 13.4. The molecule has 0 spiro atoms. The Balaban J connectivity index is 2.23. The van der Waals surface area contributed by atoms with Gasteiger partial charge < -0.3 is 15.4 Å². The zero-order valence-electron chi connectivity index (χ0n) is 11.4. The highest BCUT2D eigenvalue weighted by atomic mass is 32.1. The number of guanidine groups is 1. The van der Waals surface area contributed by atoms with Crippen LogP contribution < -0.4 is 10.6 Å². The van der Waals surface area contributed by atoms with E-state index in [2.05, 4.69) is 39.4 Å². The number of nitrogens with zero attached hydrogens (tertiary/aromatic N) is 1. The van der Waals surface area contributed by atoms with E-state index in [4.69, 9.17) is 4.74 Å². The van der Waals surface area contributed by atoms with Crippen molar-refractivity contribution in [2.24, 2.45) is 4.99 Å². The Labute approximate surface area is 113 Å². The molecule has 1 aromatic rings. The summed E-state index contributed by atoms with van der Waals surface area (Å²) >= 11 is 1.74. The second kappa shape index (κ2) is 8.94. The molecular formula is C13H23N3OS. The molecule has 0 aliphatic carbocycles. The van der Waals surface area contributed by atoms with Crippen LogP contribution >= 0.6 is 11.3 Å². The van der Waals surface area contributed by atoms with Crippen LogP contribution in [-0.2, 0) is 4.74 Å². The highest BCUT2D eigenvalue weighted by Gasteiger charge is 2.06. The Morgan fingerprint density at radius 2 is 2.33 bits per heavy atom. The van der Waals surface area contributed by atoms with Crippen molar-refractivity contribution in [3.63, 3.8) is 0 Å². The van der Waals surface area contributed by atoms with Gasteiger partial charge in [-0.15, -0.1) is 0 Å². The Kier molecular flexibility index (Phi) is 7.44. The fraction of sp³-hybridized carbons (Fsp3) is 0.615. The van der Waals surface area contributed by atoms with Crippen LogP contribution in [0.4, 0.5) is 0 Å². The molecule has 0 amide bonds. The van der Waals surface area contributed by atoms with Gasteiger partial charge in [0.15, 0.2) is 5.96 Å². The lowest BCUT2D eigenvalue weighted by atomic mass is 10.1. The van der Waals surface area contributed by atoms with E-state index in [1.807, 2.05) is 6.92 Å². The summed E-state index contributed by atoms with van der Waals surface area (Å²) in [5.74, 6) is 1.32. The maximum Gasteiger partial charge on any atom is 0.191 e. The van der Waals surface area contributed by atoms with Gasteiger partial charge in [-0.3, -0.25) is 4.99 Å². The van der Waals surface area contributed by atoms with Gasteiger partial charge >= 0.3 is 0 Å². The average Bonchev–Trinajstić information content (AvgIpc) is 2.91. The van der Waals surface area contributed by atoms with E-state index in [0.29, 0.717) is 12.5 Å². The third-order valence-electron chi connectivity index (χ3n) is 2.65. The molecule has 0 saturated carbocycles. The Hall–Kier alpha value is -1.07. The zero-order chi connectivity index (χ0) is 13.2. The van der Waals surface area contributed by atoms with Gasteiger partial charge in [-0.05, 0) is 35.2 Å². The molecule has 0 saturated heterocycles. The molecule has 1 heterocycles. The monoisotopic (exact) mass is 269 g/mol. The van der Waals surface area contributed by atoms with Gasteiger partial charge in [-0.2, -0.15) is 11.3 Å². The lowest BCUT2D eigenvalue weighted by Gasteiger charge is -2.15. The number of hydrogen-bond acceptors (Lipinski definition) is 3. The lowest BCUT2D eigenvalue weighted by molar-refractivity contribution is 0.152. The second-order valence-electron chi connectivity index (χ2n) is 4.03. The molecule has 0 radical (unpaired) electrons. The van der Waals surface area contributed by atoms with Crippen LogP contribution in [0, 0.1) is 0 Å². The summed E-state index contributed by atoms with van der Waals surface area (Å²) in [5.41, 5.74) is 1.37. The Morgan fingerprint density at radius 3 is 2.94 bits per heavy atom. The van der Waals surface area contributed by atoms with Crippen LogP contribution in [0.2, 0.25) is 0 Å². The van der Waals surface area contributed by atoms with Crippen LogP contribution in [0.3, 0.4) is 0 Å². The SMILES string of the molecule is CCOCCNC(=NC)NCC(C)c1ccsc1. The number of nitrogens with one attached hydrogen (secondary N) is 2. The molecule has 0 aromatic carbocycles. The predicted molar refractivity (Wildman–Crippen MR) is 78.6 cm³/mol. The van der Waals surface area contributed by atoms with Crippen molar-refractivity contribution in [3.8, 4) is 0 Å². The first-order valence-corrected chi connectivity index (χ1v) is 7.26. The van der Waals surface area contributed by atoms with Crippen LogP contribution in [-0.4, -0.2) is 39.3 Å². The first-order valence-electron chi connectivity index (χ1n) is 6.32. The smallest absolute Gasteiger partial charge is 0.191 e. The van der Waals surface area contributed by atoms with E-state index >= 15 is 0 Å². The molecule has 4 nitrogen and oxygen atoms in total. The zero-order valence-corrected chi connectivity index (χ0v) is 12.2. The highest BCUT2D eigenvalue weighted by molar-refractivity contribution is 7.07. The van der Waals surface area contributed by atoms with Crippen molar-refractivity contribution in [1.82, 2.24) is 10.6 Å². The fourth-order valence-corrected chi connectivity index (χ4v) is 2.31. The summed E-state index contributed by atoms with van der Waals surface area (Å²) in [6, 6.07) is 2.17. The summed E-state index contributed by atoms with van der Waals surface area (Å²) in [4.78, 5) is 4.18. The van der Waals surface area contributed by atoms with Gasteiger partial charge in [-0.1, -0.05) is 6.92 Å². The Morgan fingerprint density at radius 1 is 1.50 bits per heavy atom. The van der Waals surface area contributed by atoms with E-state index in [0.717, 1.165) is 25.7 Å². The van der Waals surface area contributed by atoms with E-state index in [-0.39, 0.29) is 0 Å². The van der Waals surface area contributed by atoms with Gasteiger partial charge in [0, 0.05) is 26.7 Å². The van der Waals surface area contributed by atoms with Crippen molar-refractivity contribution in [2.45, 2.75) is 19.8 Å². The van der Waals surface area contributed by atoms with Crippen LogP contribution in [0.25, 0.3) is 0 Å². The van der Waals surface area contributed by atoms with E-state index in [9.17, 15) is 0 Å². The summed E-state index contributed by atoms with van der Waals surface area (Å²) in [5, 5.41) is 10.8. The predicted octanol–water partition coefficient (Wildman–Crippen LogP) is 2.05. The van der Waals surface area contributed by atoms with Crippen molar-refractivity contribution < 1.29 is 4.74 Å². The van der Waals surface area contributed by atoms with E-state index in [1.165, 1.54) is 5.56 Å². The summed E-state index contributed by atoms with van der Waals surface area (Å²) in [7, 11) is 1.78. The quantitative estimate of drug-likeness (QED) is 0.452. The van der Waals surface area contributed by atoms with Gasteiger partial charge in [-0.25, -0.2) is 0 Å². The van der Waals surface area contributed by atoms with Gasteiger partial charge in [0.25, 0.3) is 0 Å². The van der Waals surface area contributed by atoms with E-state index in [1.54, 1.807) is 18.4 Å². The number of rotatable bonds is 7. The molecule has 2 N–H and O–H groups in total. The minimum atomic E-state index is 0.488. The van der Waals surface area contributed by atoms with Crippen molar-refractivity contribution >= 4 is 17.3 Å². The lowest BCUT2D eigenvalue weighted by Crippen LogP contribution is -2.40. The Bertz CT molecular complexity index is 338. The van der Waals surface area contributed by atoms with Crippen LogP contribution in [0.1, 0.15) is 25.3 Å². The average molecular weight is 269 g/mol. The van der Waals surface area contributed by atoms with Gasteiger partial charge in [0.2, 0.25) is 0 Å². The number of ether oxygens (including phenoxy) is 1. The molecule has 1 aromatic heterocycles. The summed E-state index contributed by atoms with van der Waals surface area (Å²) < 4.78 is 5.27. The number of aliphatic imine (C=N–C) groups is 1. The van der Waals surface area contributed by atoms with Crippen molar-refractivity contribution in [3.05, 3.63) is 22.4 Å². The van der Waals surface area contributed by atoms with Crippen LogP contribution in [0.5, 0.6) is 0 Å². The highest BCUT2D eigenvalue weighted by Crippen LogP contribution is 2.16. The molecule has 0 bridgehead atoms. The molecule has 102 valence electrons. The fourth-order valence-electron chi connectivity index (χ4n) is 1.53. The van der Waals surface area contributed by atoms with Crippen molar-refractivity contribution in [2.75, 3.05) is 33.4 Å². The molecule has 1 unspecified atom stereocenters. The van der Waals surface area contributed by atoms with Gasteiger partial charge in [0.1, 0.15) is 0 Å². The molecule has 18 heavy (non-hydrogen) atoms. The maximum absolute atomic E-state index is 5.27. The molecular weight excluding hydrogens is 246 g/mol. The van der Waals surface area contributed by atoms with E-state index < -0.39 is 0 Å². The molecule has 0 aliphatic heterocycles. The molecule has 0 fully saturated rings. The molecule has 5 heteroatoms. The minimum absolute atomic E-state index is 0.488. The standard InChI is InChI=1S/C13H23N3OS/c1-4-17-7-6-15-13(14-3)16-9-11(2)12-5-8-18-10-12/h5,8,10-11H,4,6-7,9H2,1-3H3,(H2,14,15,16). The number of hydrogen-bond donors (Lipinski definition) is 2. The van der Waals surface area contributed by atoms with Crippen molar-refractivity contribution in [1.29, 1.82) is 0 Å². The third kappa shape index (κ3) is 5.51. The largest absolute Gasteiger partial charge is 0.380 e. The minimum Gasteiger partial charge on any atom is -0.380 e. The first kappa shape index (κ1) is 15.0.